The lowest BCUT2D eigenvalue weighted by Crippen LogP contribution is -2.39. The van der Waals surface area contributed by atoms with Gasteiger partial charge >= 0.3 is 5.97 Å². The number of hydrogen-bond acceptors (Lipinski definition) is 4. The molecular formula is C17H20N2O2S. The minimum Gasteiger partial charge on any atom is -0.481 e. The first-order valence-corrected chi connectivity index (χ1v) is 8.51. The van der Waals surface area contributed by atoms with E-state index in [2.05, 4.69) is 38.8 Å². The molecule has 0 bridgehead atoms. The van der Waals surface area contributed by atoms with Crippen LogP contribution >= 0.6 is 11.3 Å². The normalized spacial score (nSPS) is 18.2. The third kappa shape index (κ3) is 3.20. The van der Waals surface area contributed by atoms with Crippen molar-refractivity contribution in [3.05, 3.63) is 52.0 Å². The summed E-state index contributed by atoms with van der Waals surface area (Å²) in [4.78, 5) is 18.1. The molecule has 0 aromatic carbocycles. The molecule has 5 heteroatoms. The fraction of sp³-hybridized carbons (Fsp3) is 0.412. The Morgan fingerprint density at radius 1 is 1.36 bits per heavy atom. The van der Waals surface area contributed by atoms with Crippen LogP contribution in [0.5, 0.6) is 0 Å². The molecule has 2 aromatic rings. The summed E-state index contributed by atoms with van der Waals surface area (Å²) in [7, 11) is 0. The monoisotopic (exact) mass is 316 g/mol. The van der Waals surface area contributed by atoms with Crippen molar-refractivity contribution in [1.82, 2.24) is 9.88 Å². The molecule has 0 aliphatic carbocycles. The zero-order valence-corrected chi connectivity index (χ0v) is 13.4. The number of pyridine rings is 1. The highest BCUT2D eigenvalue weighted by Crippen LogP contribution is 2.32. The summed E-state index contributed by atoms with van der Waals surface area (Å²) in [6.07, 6.45) is 3.32. The van der Waals surface area contributed by atoms with E-state index in [1.54, 1.807) is 11.3 Å². The zero-order chi connectivity index (χ0) is 15.5. The van der Waals surface area contributed by atoms with Gasteiger partial charge in [0.1, 0.15) is 0 Å². The Hall–Kier alpha value is -1.72. The molecule has 1 fully saturated rings. The van der Waals surface area contributed by atoms with Gasteiger partial charge in [-0.1, -0.05) is 6.07 Å². The molecule has 2 aromatic heterocycles. The molecule has 0 spiro atoms. The van der Waals surface area contributed by atoms with E-state index in [4.69, 9.17) is 5.11 Å². The van der Waals surface area contributed by atoms with Gasteiger partial charge in [-0.15, -0.1) is 0 Å². The van der Waals surface area contributed by atoms with Crippen LogP contribution in [0.15, 0.2) is 35.2 Å². The standard InChI is InChI=1S/C17H20N2O2S/c1-12-2-3-15(18-10-12)16(14-6-9-22-11-14)19-7-4-13(5-8-19)17(20)21/h2-3,6,9-11,13,16H,4-5,7-8H2,1H3,(H,20,21). The van der Waals surface area contributed by atoms with E-state index in [0.29, 0.717) is 12.8 Å². The van der Waals surface area contributed by atoms with Gasteiger partial charge in [0.2, 0.25) is 0 Å². The number of aryl methyl sites for hydroxylation is 1. The number of aliphatic carboxylic acids is 1. The number of carboxylic acids is 1. The van der Waals surface area contributed by atoms with E-state index in [1.165, 1.54) is 5.56 Å². The van der Waals surface area contributed by atoms with Crippen LogP contribution in [0.2, 0.25) is 0 Å². The maximum atomic E-state index is 11.1. The summed E-state index contributed by atoms with van der Waals surface area (Å²) in [6, 6.07) is 6.44. The van der Waals surface area contributed by atoms with Crippen LogP contribution in [0.1, 0.15) is 35.7 Å². The molecule has 0 radical (unpaired) electrons. The SMILES string of the molecule is Cc1ccc(C(c2ccsc2)N2CCC(C(=O)O)CC2)nc1. The Bertz CT molecular complexity index is 617. The highest BCUT2D eigenvalue weighted by Gasteiger charge is 2.30. The maximum Gasteiger partial charge on any atom is 0.306 e. The highest BCUT2D eigenvalue weighted by atomic mass is 32.1. The van der Waals surface area contributed by atoms with Crippen molar-refractivity contribution in [3.8, 4) is 0 Å². The molecule has 1 N–H and O–H groups in total. The second-order valence-corrected chi connectivity index (χ2v) is 6.65. The van der Waals surface area contributed by atoms with Crippen LogP contribution in [0.25, 0.3) is 0 Å². The second-order valence-electron chi connectivity index (χ2n) is 5.87. The lowest BCUT2D eigenvalue weighted by atomic mass is 9.94. The number of thiophene rings is 1. The largest absolute Gasteiger partial charge is 0.481 e. The first kappa shape index (κ1) is 15.2. The maximum absolute atomic E-state index is 11.1. The van der Waals surface area contributed by atoms with Crippen molar-refractivity contribution >= 4 is 17.3 Å². The molecule has 3 rings (SSSR count). The number of hydrogen-bond donors (Lipinski definition) is 1. The number of carbonyl (C=O) groups is 1. The number of likely N-dealkylation sites (tertiary alicyclic amines) is 1. The first-order chi connectivity index (χ1) is 10.6. The van der Waals surface area contributed by atoms with Gasteiger partial charge in [0, 0.05) is 6.20 Å². The van der Waals surface area contributed by atoms with Crippen LogP contribution < -0.4 is 0 Å². The third-order valence-corrected chi connectivity index (χ3v) is 5.02. The highest BCUT2D eigenvalue weighted by molar-refractivity contribution is 7.08. The molecule has 0 saturated carbocycles. The summed E-state index contributed by atoms with van der Waals surface area (Å²) >= 11 is 1.69. The van der Waals surface area contributed by atoms with E-state index in [-0.39, 0.29) is 12.0 Å². The van der Waals surface area contributed by atoms with Gasteiger partial charge in [0.25, 0.3) is 0 Å². The van der Waals surface area contributed by atoms with Gasteiger partial charge in [-0.3, -0.25) is 14.7 Å². The van der Waals surface area contributed by atoms with Crippen molar-refractivity contribution in [2.45, 2.75) is 25.8 Å². The second kappa shape index (κ2) is 6.58. The fourth-order valence-electron chi connectivity index (χ4n) is 3.04. The number of nitrogens with zero attached hydrogens (tertiary/aromatic N) is 2. The van der Waals surface area contributed by atoms with Crippen LogP contribution in [-0.2, 0) is 4.79 Å². The van der Waals surface area contributed by atoms with Gasteiger partial charge in [-0.2, -0.15) is 11.3 Å². The minimum atomic E-state index is -0.666. The third-order valence-electron chi connectivity index (χ3n) is 4.32. The van der Waals surface area contributed by atoms with E-state index < -0.39 is 5.97 Å². The number of rotatable bonds is 4. The summed E-state index contributed by atoms with van der Waals surface area (Å²) in [6.45, 7) is 3.63. The Morgan fingerprint density at radius 2 is 2.14 bits per heavy atom. The molecule has 4 nitrogen and oxygen atoms in total. The summed E-state index contributed by atoms with van der Waals surface area (Å²) in [5, 5.41) is 13.4. The smallest absolute Gasteiger partial charge is 0.306 e. The summed E-state index contributed by atoms with van der Waals surface area (Å²) in [5.41, 5.74) is 3.44. The van der Waals surface area contributed by atoms with Crippen molar-refractivity contribution in [1.29, 1.82) is 0 Å². The quantitative estimate of drug-likeness (QED) is 0.940. The van der Waals surface area contributed by atoms with Gasteiger partial charge < -0.3 is 5.11 Å². The van der Waals surface area contributed by atoms with E-state index in [0.717, 1.165) is 24.3 Å². The molecule has 22 heavy (non-hydrogen) atoms. The predicted octanol–water partition coefficient (Wildman–Crippen LogP) is 3.34. The van der Waals surface area contributed by atoms with Crippen molar-refractivity contribution in [2.24, 2.45) is 5.92 Å². The van der Waals surface area contributed by atoms with Crippen LogP contribution in [0.4, 0.5) is 0 Å². The molecule has 1 atom stereocenters. The van der Waals surface area contributed by atoms with Crippen LogP contribution in [-0.4, -0.2) is 34.0 Å². The zero-order valence-electron chi connectivity index (χ0n) is 12.6. The van der Waals surface area contributed by atoms with Crippen molar-refractivity contribution < 1.29 is 9.90 Å². The predicted molar refractivity (Wildman–Crippen MR) is 87.1 cm³/mol. The van der Waals surface area contributed by atoms with Gasteiger partial charge in [0.05, 0.1) is 17.7 Å². The lowest BCUT2D eigenvalue weighted by molar-refractivity contribution is -0.143. The fourth-order valence-corrected chi connectivity index (χ4v) is 3.72. The summed E-state index contributed by atoms with van der Waals surface area (Å²) < 4.78 is 0. The van der Waals surface area contributed by atoms with Gasteiger partial charge in [-0.25, -0.2) is 0 Å². The first-order valence-electron chi connectivity index (χ1n) is 7.56. The van der Waals surface area contributed by atoms with Crippen LogP contribution in [0, 0.1) is 12.8 Å². The molecule has 1 aliphatic heterocycles. The topological polar surface area (TPSA) is 53.4 Å². The molecule has 116 valence electrons. The molecular weight excluding hydrogens is 296 g/mol. The molecule has 1 saturated heterocycles. The van der Waals surface area contributed by atoms with Crippen molar-refractivity contribution in [2.75, 3.05) is 13.1 Å². The van der Waals surface area contributed by atoms with Gasteiger partial charge in [-0.05, 0) is 66.9 Å². The lowest BCUT2D eigenvalue weighted by Gasteiger charge is -2.36. The molecule has 1 unspecified atom stereocenters. The van der Waals surface area contributed by atoms with E-state index in [9.17, 15) is 4.79 Å². The number of piperidine rings is 1. The Morgan fingerprint density at radius 3 is 2.68 bits per heavy atom. The van der Waals surface area contributed by atoms with Crippen molar-refractivity contribution in [3.63, 3.8) is 0 Å². The Labute approximate surface area is 134 Å². The van der Waals surface area contributed by atoms with Gasteiger partial charge in [0.15, 0.2) is 0 Å². The summed E-state index contributed by atoms with van der Waals surface area (Å²) in [5.74, 6) is -0.870. The molecule has 0 amide bonds. The average Bonchev–Trinajstić information content (AvgIpc) is 3.04. The minimum absolute atomic E-state index is 0.126. The number of carboxylic acid groups (broad SMARTS) is 1. The average molecular weight is 316 g/mol. The molecule has 3 heterocycles. The molecule has 1 aliphatic rings. The number of aromatic nitrogens is 1. The Kier molecular flexibility index (Phi) is 4.55. The van der Waals surface area contributed by atoms with E-state index in [1.807, 2.05) is 13.1 Å². The Balaban J connectivity index is 1.84. The van der Waals surface area contributed by atoms with E-state index >= 15 is 0 Å². The van der Waals surface area contributed by atoms with Crippen LogP contribution in [0.3, 0.4) is 0 Å².